The zero-order valence-electron chi connectivity index (χ0n) is 19.6. The molecule has 33 heavy (non-hydrogen) atoms. The summed E-state index contributed by atoms with van der Waals surface area (Å²) < 4.78 is 1.95. The molecule has 1 aromatic carbocycles. The summed E-state index contributed by atoms with van der Waals surface area (Å²) in [6.07, 6.45) is 0. The zero-order chi connectivity index (χ0) is 24.0. The molecule has 0 saturated heterocycles. The third-order valence-electron chi connectivity index (χ3n) is 5.06. The maximum atomic E-state index is 12.9. The van der Waals surface area contributed by atoms with Gasteiger partial charge in [0.05, 0.1) is 11.8 Å². The number of aromatic nitrogens is 4. The Morgan fingerprint density at radius 2 is 1.85 bits per heavy atom. The van der Waals surface area contributed by atoms with Gasteiger partial charge in [0.25, 0.3) is 5.91 Å². The number of thioether (sulfide) groups is 1. The van der Waals surface area contributed by atoms with Gasteiger partial charge in [0, 0.05) is 17.8 Å². The van der Waals surface area contributed by atoms with E-state index in [2.05, 4.69) is 25.8 Å². The van der Waals surface area contributed by atoms with E-state index in [0.717, 1.165) is 11.3 Å². The lowest BCUT2D eigenvalue weighted by atomic mass is 10.0. The molecule has 3 rings (SSSR count). The van der Waals surface area contributed by atoms with Crippen LogP contribution in [0.15, 0.2) is 47.6 Å². The van der Waals surface area contributed by atoms with Crippen LogP contribution >= 0.6 is 11.8 Å². The van der Waals surface area contributed by atoms with Crippen molar-refractivity contribution in [1.82, 2.24) is 25.1 Å². The molecule has 2 amide bonds. The molecule has 0 saturated carbocycles. The number of hydrogen-bond acceptors (Lipinski definition) is 6. The van der Waals surface area contributed by atoms with Gasteiger partial charge in [0.2, 0.25) is 5.91 Å². The quantitative estimate of drug-likeness (QED) is 0.459. The number of aryl methyl sites for hydroxylation is 2. The second-order valence-electron chi connectivity index (χ2n) is 8.15. The topological polar surface area (TPSA) is 102 Å². The van der Waals surface area contributed by atoms with E-state index in [-0.39, 0.29) is 29.5 Å². The number of hydrogen-bond donors (Lipinski definition) is 2. The minimum Gasteiger partial charge on any atom is -0.342 e. The van der Waals surface area contributed by atoms with Crippen molar-refractivity contribution in [1.29, 1.82) is 0 Å². The highest BCUT2D eigenvalue weighted by Crippen LogP contribution is 2.25. The number of benzene rings is 1. The Kier molecular flexibility index (Phi) is 8.21. The van der Waals surface area contributed by atoms with E-state index < -0.39 is 0 Å². The first-order valence-corrected chi connectivity index (χ1v) is 11.9. The summed E-state index contributed by atoms with van der Waals surface area (Å²) in [7, 11) is 0. The van der Waals surface area contributed by atoms with E-state index in [9.17, 15) is 9.59 Å². The third-order valence-corrected chi connectivity index (χ3v) is 6.03. The number of carbonyl (C=O) groups is 2. The minimum atomic E-state index is -0.315. The third kappa shape index (κ3) is 6.41. The molecule has 0 bridgehead atoms. The van der Waals surface area contributed by atoms with Crippen molar-refractivity contribution in [3.05, 3.63) is 65.1 Å². The molecule has 0 aliphatic carbocycles. The Bertz CT molecular complexity index is 1130. The Labute approximate surface area is 198 Å². The van der Waals surface area contributed by atoms with Gasteiger partial charge in [-0.2, -0.15) is 0 Å². The molecule has 1 atom stereocenters. The number of anilines is 1. The summed E-state index contributed by atoms with van der Waals surface area (Å²) in [5.41, 5.74) is 2.47. The van der Waals surface area contributed by atoms with Crippen LogP contribution in [0.3, 0.4) is 0 Å². The van der Waals surface area contributed by atoms with Crippen LogP contribution in [-0.2, 0) is 11.3 Å². The Balaban J connectivity index is 1.71. The number of rotatable bonds is 9. The first-order chi connectivity index (χ1) is 15.8. The lowest BCUT2D eigenvalue weighted by Crippen LogP contribution is -2.33. The molecule has 1 unspecified atom stereocenters. The van der Waals surface area contributed by atoms with Gasteiger partial charge in [0.15, 0.2) is 11.0 Å². The molecule has 0 fully saturated rings. The number of nitrogens with zero attached hydrogens (tertiary/aromatic N) is 4. The molecule has 2 heterocycles. The van der Waals surface area contributed by atoms with E-state index in [1.165, 1.54) is 11.8 Å². The van der Waals surface area contributed by atoms with Crippen molar-refractivity contribution in [3.63, 3.8) is 0 Å². The highest BCUT2D eigenvalue weighted by molar-refractivity contribution is 7.99. The summed E-state index contributed by atoms with van der Waals surface area (Å²) in [4.78, 5) is 29.6. The average Bonchev–Trinajstić information content (AvgIpc) is 3.18. The van der Waals surface area contributed by atoms with Crippen LogP contribution in [0.1, 0.15) is 54.3 Å². The van der Waals surface area contributed by atoms with Gasteiger partial charge in [-0.05, 0) is 51.0 Å². The standard InChI is InChI=1S/C24H30N6O2S/c1-6-30-22(21(15(2)3)27-23(32)18-11-7-9-16(4)13-18)28-29-24(30)33-14-20(31)26-19-12-8-10-17(5)25-19/h7-13,15,21H,6,14H2,1-5H3,(H,27,32)(H,25,26,31). The van der Waals surface area contributed by atoms with Crippen molar-refractivity contribution in [2.24, 2.45) is 5.92 Å². The summed E-state index contributed by atoms with van der Waals surface area (Å²) in [5, 5.41) is 15.2. The van der Waals surface area contributed by atoms with Gasteiger partial charge < -0.3 is 15.2 Å². The van der Waals surface area contributed by atoms with Crippen molar-refractivity contribution in [3.8, 4) is 0 Å². The monoisotopic (exact) mass is 466 g/mol. The smallest absolute Gasteiger partial charge is 0.251 e. The number of carbonyl (C=O) groups excluding carboxylic acids is 2. The fourth-order valence-corrected chi connectivity index (χ4v) is 4.21. The van der Waals surface area contributed by atoms with Crippen LogP contribution in [0.5, 0.6) is 0 Å². The van der Waals surface area contributed by atoms with Gasteiger partial charge in [-0.15, -0.1) is 10.2 Å². The van der Waals surface area contributed by atoms with Crippen LogP contribution in [0.25, 0.3) is 0 Å². The maximum absolute atomic E-state index is 12.9. The Hall–Kier alpha value is -3.20. The molecular weight excluding hydrogens is 436 g/mol. The molecule has 2 aromatic heterocycles. The molecule has 0 radical (unpaired) electrons. The van der Waals surface area contributed by atoms with Crippen LogP contribution < -0.4 is 10.6 Å². The largest absolute Gasteiger partial charge is 0.342 e. The summed E-state index contributed by atoms with van der Waals surface area (Å²) in [5.74, 6) is 1.16. The first kappa shape index (κ1) is 24.4. The van der Waals surface area contributed by atoms with Gasteiger partial charge in [-0.3, -0.25) is 9.59 Å². The van der Waals surface area contributed by atoms with Crippen molar-refractivity contribution >= 4 is 29.4 Å². The fraction of sp³-hybridized carbons (Fsp3) is 0.375. The van der Waals surface area contributed by atoms with E-state index in [1.807, 2.05) is 69.5 Å². The Morgan fingerprint density at radius 3 is 2.52 bits per heavy atom. The predicted molar refractivity (Wildman–Crippen MR) is 130 cm³/mol. The lowest BCUT2D eigenvalue weighted by molar-refractivity contribution is -0.113. The van der Waals surface area contributed by atoms with Crippen LogP contribution in [0.4, 0.5) is 5.82 Å². The maximum Gasteiger partial charge on any atom is 0.251 e. The van der Waals surface area contributed by atoms with Crippen LogP contribution in [0.2, 0.25) is 0 Å². The molecule has 2 N–H and O–H groups in total. The molecule has 3 aromatic rings. The molecule has 8 nitrogen and oxygen atoms in total. The average molecular weight is 467 g/mol. The molecule has 174 valence electrons. The highest BCUT2D eigenvalue weighted by atomic mass is 32.2. The second-order valence-corrected chi connectivity index (χ2v) is 9.09. The van der Waals surface area contributed by atoms with Gasteiger partial charge in [0.1, 0.15) is 5.82 Å². The summed E-state index contributed by atoms with van der Waals surface area (Å²) >= 11 is 1.31. The van der Waals surface area contributed by atoms with E-state index >= 15 is 0 Å². The summed E-state index contributed by atoms with van der Waals surface area (Å²) in [6.45, 7) is 10.5. The molecule has 9 heteroatoms. The van der Waals surface area contributed by atoms with Crippen LogP contribution in [0, 0.1) is 19.8 Å². The molecule has 0 aliphatic heterocycles. The molecule has 0 spiro atoms. The Morgan fingerprint density at radius 1 is 1.09 bits per heavy atom. The van der Waals surface area contributed by atoms with Crippen LogP contribution in [-0.4, -0.2) is 37.3 Å². The number of nitrogens with one attached hydrogen (secondary N) is 2. The number of amides is 2. The molecular formula is C24H30N6O2S. The number of pyridine rings is 1. The second kappa shape index (κ2) is 11.1. The van der Waals surface area contributed by atoms with Crippen molar-refractivity contribution in [2.75, 3.05) is 11.1 Å². The van der Waals surface area contributed by atoms with E-state index in [4.69, 9.17) is 0 Å². The van der Waals surface area contributed by atoms with E-state index in [0.29, 0.717) is 28.9 Å². The van der Waals surface area contributed by atoms with E-state index in [1.54, 1.807) is 12.1 Å². The predicted octanol–water partition coefficient (Wildman–Crippen LogP) is 4.17. The highest BCUT2D eigenvalue weighted by Gasteiger charge is 2.26. The molecule has 0 aliphatic rings. The summed E-state index contributed by atoms with van der Waals surface area (Å²) in [6, 6.07) is 12.7. The lowest BCUT2D eigenvalue weighted by Gasteiger charge is -2.22. The normalized spacial score (nSPS) is 11.9. The SMILES string of the molecule is CCn1c(SCC(=O)Nc2cccc(C)n2)nnc1C(NC(=O)c1cccc(C)c1)C(C)C. The van der Waals surface area contributed by atoms with Crippen molar-refractivity contribution < 1.29 is 9.59 Å². The first-order valence-electron chi connectivity index (χ1n) is 11.0. The zero-order valence-corrected chi connectivity index (χ0v) is 20.4. The van der Waals surface area contributed by atoms with Gasteiger partial charge >= 0.3 is 0 Å². The van der Waals surface area contributed by atoms with Crippen molar-refractivity contribution in [2.45, 2.75) is 52.4 Å². The minimum absolute atomic E-state index is 0.0989. The van der Waals surface area contributed by atoms with Gasteiger partial charge in [-0.1, -0.05) is 49.4 Å². The van der Waals surface area contributed by atoms with Gasteiger partial charge in [-0.25, -0.2) is 4.98 Å². The fourth-order valence-electron chi connectivity index (χ4n) is 3.40.